The van der Waals surface area contributed by atoms with Crippen molar-refractivity contribution in [3.05, 3.63) is 0 Å². The van der Waals surface area contributed by atoms with Gasteiger partial charge in [-0.1, -0.05) is 6.92 Å². The van der Waals surface area contributed by atoms with Crippen molar-refractivity contribution in [3.63, 3.8) is 0 Å². The first-order chi connectivity index (χ1) is 11.8. The molecular weight excluding hydrogens is 296 g/mol. The van der Waals surface area contributed by atoms with Crippen LogP contribution in [-0.4, -0.2) is 23.9 Å². The van der Waals surface area contributed by atoms with E-state index >= 15 is 0 Å². The highest BCUT2D eigenvalue weighted by atomic mass is 16.5. The molecule has 0 radical (unpaired) electrons. The average molecular weight is 334 g/mol. The number of ether oxygens (including phenoxy) is 1. The van der Waals surface area contributed by atoms with Gasteiger partial charge < -0.3 is 9.84 Å². The molecule has 0 aromatic heterocycles. The van der Waals surface area contributed by atoms with Crippen LogP contribution in [0.1, 0.15) is 73.0 Å². The lowest BCUT2D eigenvalue weighted by Gasteiger charge is -2.57. The molecule has 8 atom stereocenters. The van der Waals surface area contributed by atoms with Gasteiger partial charge in [-0.2, -0.15) is 0 Å². The van der Waals surface area contributed by atoms with Crippen LogP contribution in [0, 0.1) is 46.8 Å². The monoisotopic (exact) mass is 333 g/mol. The minimum Gasteiger partial charge on any atom is -0.390 e. The predicted molar refractivity (Wildman–Crippen MR) is 95.5 cm³/mol. The van der Waals surface area contributed by atoms with Gasteiger partial charge in [-0.25, -0.2) is 0 Å². The van der Waals surface area contributed by atoms with Crippen LogP contribution in [-0.2, 0) is 4.74 Å². The van der Waals surface area contributed by atoms with Gasteiger partial charge >= 0.3 is 0 Å². The van der Waals surface area contributed by atoms with Crippen LogP contribution in [0.15, 0.2) is 0 Å². The second-order valence-electron chi connectivity index (χ2n) is 10.5. The van der Waals surface area contributed by atoms with E-state index in [1.165, 1.54) is 44.9 Å². The highest BCUT2D eigenvalue weighted by Crippen LogP contribution is 2.66. The van der Waals surface area contributed by atoms with Crippen molar-refractivity contribution in [2.45, 2.75) is 77.2 Å². The van der Waals surface area contributed by atoms with Crippen LogP contribution in [0.2, 0.25) is 0 Å². The van der Waals surface area contributed by atoms with Gasteiger partial charge in [0.15, 0.2) is 0 Å². The van der Waals surface area contributed by atoms with Gasteiger partial charge in [0, 0.05) is 7.26 Å². The standard InChI is InChI=1S/C22H36O2/c1-21(23)9-7-16-14(11-21)3-4-18-17(16)8-10-22(2)19(5-6-20(18)22)15-12-24-13-15/h14-20,23H,3-13H2,1-2H3/t14-,16+,17-,18-,19-,20+,21-,22-/m1/s1/i15D. The lowest BCUT2D eigenvalue weighted by Crippen LogP contribution is -2.52. The fraction of sp³-hybridized carbons (Fsp3) is 1.00. The quantitative estimate of drug-likeness (QED) is 0.756. The zero-order valence-corrected chi connectivity index (χ0v) is 15.6. The zero-order valence-electron chi connectivity index (χ0n) is 16.6. The maximum Gasteiger partial charge on any atom is 0.0622 e. The Hall–Kier alpha value is -0.0800. The van der Waals surface area contributed by atoms with Gasteiger partial charge in [0.25, 0.3) is 0 Å². The van der Waals surface area contributed by atoms with Gasteiger partial charge in [-0.05, 0) is 106 Å². The minimum atomic E-state index is -0.405. The van der Waals surface area contributed by atoms with E-state index in [4.69, 9.17) is 6.11 Å². The highest BCUT2D eigenvalue weighted by Gasteiger charge is 2.59. The summed E-state index contributed by atoms with van der Waals surface area (Å²) in [4.78, 5) is 0. The van der Waals surface area contributed by atoms with Crippen LogP contribution < -0.4 is 0 Å². The largest absolute Gasteiger partial charge is 0.390 e. The van der Waals surface area contributed by atoms with Gasteiger partial charge in [0.05, 0.1) is 18.8 Å². The maximum absolute atomic E-state index is 10.5. The van der Waals surface area contributed by atoms with E-state index in [1.54, 1.807) is 0 Å². The van der Waals surface area contributed by atoms with Crippen molar-refractivity contribution in [2.75, 3.05) is 13.2 Å². The van der Waals surface area contributed by atoms with Crippen molar-refractivity contribution in [1.82, 2.24) is 0 Å². The third kappa shape index (κ3) is 2.28. The summed E-state index contributed by atoms with van der Waals surface area (Å²) in [5.74, 6) is 4.58. The molecule has 1 aliphatic heterocycles. The number of rotatable bonds is 1. The van der Waals surface area contributed by atoms with Gasteiger partial charge in [-0.3, -0.25) is 0 Å². The third-order valence-corrected chi connectivity index (χ3v) is 9.30. The topological polar surface area (TPSA) is 29.5 Å². The molecule has 136 valence electrons. The van der Waals surface area contributed by atoms with E-state index in [0.29, 0.717) is 24.5 Å². The lowest BCUT2D eigenvalue weighted by atomic mass is 9.48. The molecule has 2 nitrogen and oxygen atoms in total. The Balaban J connectivity index is 1.37. The van der Waals surface area contributed by atoms with E-state index in [0.717, 1.165) is 42.4 Å². The summed E-state index contributed by atoms with van der Waals surface area (Å²) in [5.41, 5.74) is -0.0167. The van der Waals surface area contributed by atoms with Crippen molar-refractivity contribution in [3.8, 4) is 0 Å². The van der Waals surface area contributed by atoms with Crippen LogP contribution in [0.25, 0.3) is 0 Å². The Kier molecular flexibility index (Phi) is 3.42. The van der Waals surface area contributed by atoms with Gasteiger partial charge in [-0.15, -0.1) is 0 Å². The molecule has 5 aliphatic rings. The minimum absolute atomic E-state index is 0.281. The third-order valence-electron chi connectivity index (χ3n) is 9.30. The maximum atomic E-state index is 10.5. The normalized spacial score (nSPS) is 59.5. The summed E-state index contributed by atoms with van der Waals surface area (Å²) < 4.78 is 14.3. The molecule has 0 aromatic rings. The predicted octanol–water partition coefficient (Wildman–Crippen LogP) is 4.65. The summed E-state index contributed by atoms with van der Waals surface area (Å²) in [6.45, 7) is 5.95. The fourth-order valence-corrected chi connectivity index (χ4v) is 8.17. The first-order valence-electron chi connectivity index (χ1n) is 11.1. The molecule has 5 fully saturated rings. The van der Waals surface area contributed by atoms with Gasteiger partial charge in [0.1, 0.15) is 0 Å². The average Bonchev–Trinajstić information content (AvgIpc) is 2.89. The smallest absolute Gasteiger partial charge is 0.0622 e. The molecule has 1 heterocycles. The number of hydrogen-bond acceptors (Lipinski definition) is 2. The van der Waals surface area contributed by atoms with Crippen molar-refractivity contribution in [2.24, 2.45) is 46.8 Å². The number of fused-ring (bicyclic) bond motifs is 5. The SMILES string of the molecule is [2H]C1([C@H]2CC[C@H]3[C@@H]4CC[C@@H]5C[C@](C)(O)CC[C@@H]5[C@H]4CC[C@]23C)COC1. The molecule has 24 heavy (non-hydrogen) atoms. The number of hydrogen-bond donors (Lipinski definition) is 1. The molecule has 0 unspecified atom stereocenters. The van der Waals surface area contributed by atoms with Crippen molar-refractivity contribution < 1.29 is 11.2 Å². The summed E-state index contributed by atoms with van der Waals surface area (Å²) >= 11 is 0. The van der Waals surface area contributed by atoms with E-state index in [1.807, 2.05) is 0 Å². The molecule has 1 saturated heterocycles. The Bertz CT molecular complexity index is 542. The van der Waals surface area contributed by atoms with Crippen LogP contribution in [0.4, 0.5) is 0 Å². The van der Waals surface area contributed by atoms with Crippen LogP contribution in [0.5, 0.6) is 0 Å². The highest BCUT2D eigenvalue weighted by molar-refractivity contribution is 5.08. The first-order valence-corrected chi connectivity index (χ1v) is 10.6. The Morgan fingerprint density at radius 3 is 2.38 bits per heavy atom. The second-order valence-corrected chi connectivity index (χ2v) is 10.5. The summed E-state index contributed by atoms with van der Waals surface area (Å²) in [6, 6.07) is 0. The molecule has 2 heteroatoms. The number of aliphatic hydroxyl groups is 1. The molecule has 0 aromatic carbocycles. The summed E-state index contributed by atoms with van der Waals surface area (Å²) in [6.07, 6.45) is 11.4. The molecule has 4 aliphatic carbocycles. The molecule has 4 saturated carbocycles. The van der Waals surface area contributed by atoms with Crippen molar-refractivity contribution >= 4 is 0 Å². The zero-order chi connectivity index (χ0) is 17.4. The summed E-state index contributed by atoms with van der Waals surface area (Å²) in [5, 5.41) is 10.5. The second kappa shape index (κ2) is 5.46. The van der Waals surface area contributed by atoms with Crippen molar-refractivity contribution in [1.29, 1.82) is 0 Å². The van der Waals surface area contributed by atoms with E-state index in [-0.39, 0.29) is 5.89 Å². The Labute approximate surface area is 149 Å². The first kappa shape index (κ1) is 15.0. The Morgan fingerprint density at radius 1 is 0.875 bits per heavy atom. The van der Waals surface area contributed by atoms with E-state index in [2.05, 4.69) is 13.8 Å². The van der Waals surface area contributed by atoms with Crippen LogP contribution in [0.3, 0.4) is 0 Å². The van der Waals surface area contributed by atoms with E-state index in [9.17, 15) is 5.11 Å². The van der Waals surface area contributed by atoms with Gasteiger partial charge in [0.2, 0.25) is 0 Å². The molecule has 0 amide bonds. The molecule has 5 rings (SSSR count). The molecular formula is C22H36O2. The molecule has 1 N–H and O–H groups in total. The van der Waals surface area contributed by atoms with Crippen LogP contribution >= 0.6 is 0 Å². The lowest BCUT2D eigenvalue weighted by molar-refractivity contribution is -0.127. The van der Waals surface area contributed by atoms with E-state index < -0.39 is 5.60 Å². The summed E-state index contributed by atoms with van der Waals surface area (Å²) in [7, 11) is 0. The Morgan fingerprint density at radius 2 is 1.62 bits per heavy atom. The molecule has 0 bridgehead atoms. The fourth-order valence-electron chi connectivity index (χ4n) is 8.17. The molecule has 0 spiro atoms.